The highest BCUT2D eigenvalue weighted by molar-refractivity contribution is 5.61. The van der Waals surface area contributed by atoms with Gasteiger partial charge in [-0.25, -0.2) is 0 Å². The van der Waals surface area contributed by atoms with Crippen molar-refractivity contribution < 1.29 is 4.74 Å². The van der Waals surface area contributed by atoms with Gasteiger partial charge in [0, 0.05) is 25.8 Å². The Bertz CT molecular complexity index is 101. The van der Waals surface area contributed by atoms with E-state index >= 15 is 0 Å². The molecule has 1 rings (SSSR count). The van der Waals surface area contributed by atoms with Crippen LogP contribution in [0.15, 0.2) is 4.99 Å². The molecule has 0 aromatic carbocycles. The third-order valence-corrected chi connectivity index (χ3v) is 1.56. The molecule has 9 heavy (non-hydrogen) atoms. The van der Waals surface area contributed by atoms with Gasteiger partial charge in [-0.15, -0.1) is 0 Å². The number of methoxy groups -OCH3 is 1. The van der Waals surface area contributed by atoms with Gasteiger partial charge < -0.3 is 4.74 Å². The van der Waals surface area contributed by atoms with E-state index in [1.54, 1.807) is 7.11 Å². The van der Waals surface area contributed by atoms with E-state index in [1.807, 2.05) is 6.21 Å². The van der Waals surface area contributed by atoms with Crippen molar-refractivity contribution in [3.8, 4) is 0 Å². The van der Waals surface area contributed by atoms with Crippen LogP contribution in [0.5, 0.6) is 0 Å². The quantitative estimate of drug-likeness (QED) is 0.544. The number of hydrogen-bond acceptors (Lipinski definition) is 2. The molecule has 0 spiro atoms. The second-order valence-electron chi connectivity index (χ2n) is 2.41. The summed E-state index contributed by atoms with van der Waals surface area (Å²) in [6.07, 6.45) is 4.49. The first-order chi connectivity index (χ1) is 4.43. The molecule has 52 valence electrons. The Morgan fingerprint density at radius 2 is 2.67 bits per heavy atom. The molecule has 1 heterocycles. The molecular formula is C7H13NO. The smallest absolute Gasteiger partial charge is 0.0539 e. The normalized spacial score (nSPS) is 26.6. The first-order valence-electron chi connectivity index (χ1n) is 3.42. The molecule has 2 heteroatoms. The SMILES string of the molecule is COCC1C=NCCC1. The maximum atomic E-state index is 4.99. The Morgan fingerprint density at radius 1 is 1.78 bits per heavy atom. The van der Waals surface area contributed by atoms with Crippen LogP contribution in [0.3, 0.4) is 0 Å². The lowest BCUT2D eigenvalue weighted by molar-refractivity contribution is 0.172. The lowest BCUT2D eigenvalue weighted by atomic mass is 10.0. The molecule has 0 amide bonds. The van der Waals surface area contributed by atoms with Gasteiger partial charge in [-0.1, -0.05) is 0 Å². The summed E-state index contributed by atoms with van der Waals surface area (Å²) in [6.45, 7) is 1.85. The fraction of sp³-hybridized carbons (Fsp3) is 0.857. The fourth-order valence-corrected chi connectivity index (χ4v) is 1.08. The van der Waals surface area contributed by atoms with Gasteiger partial charge in [0.1, 0.15) is 0 Å². The van der Waals surface area contributed by atoms with Crippen molar-refractivity contribution in [2.75, 3.05) is 20.3 Å². The standard InChI is InChI=1S/C7H13NO/c1-9-6-7-3-2-4-8-5-7/h5,7H,2-4,6H2,1H3. The molecule has 0 bridgehead atoms. The molecule has 1 aliphatic heterocycles. The van der Waals surface area contributed by atoms with E-state index in [0.717, 1.165) is 13.2 Å². The van der Waals surface area contributed by atoms with E-state index in [1.165, 1.54) is 12.8 Å². The van der Waals surface area contributed by atoms with Crippen molar-refractivity contribution in [2.24, 2.45) is 10.9 Å². The van der Waals surface area contributed by atoms with Crippen LogP contribution in [0, 0.1) is 5.92 Å². The van der Waals surface area contributed by atoms with Crippen molar-refractivity contribution in [3.05, 3.63) is 0 Å². The van der Waals surface area contributed by atoms with E-state index in [2.05, 4.69) is 4.99 Å². The summed E-state index contributed by atoms with van der Waals surface area (Å²) in [5, 5.41) is 0. The van der Waals surface area contributed by atoms with Crippen molar-refractivity contribution in [1.29, 1.82) is 0 Å². The van der Waals surface area contributed by atoms with Gasteiger partial charge >= 0.3 is 0 Å². The highest BCUT2D eigenvalue weighted by Crippen LogP contribution is 2.08. The molecule has 0 saturated carbocycles. The Kier molecular flexibility index (Phi) is 2.71. The molecule has 0 aliphatic carbocycles. The van der Waals surface area contributed by atoms with Gasteiger partial charge in [0.05, 0.1) is 6.61 Å². The van der Waals surface area contributed by atoms with Crippen molar-refractivity contribution in [2.45, 2.75) is 12.8 Å². The molecule has 0 fully saturated rings. The van der Waals surface area contributed by atoms with E-state index in [0.29, 0.717) is 5.92 Å². The van der Waals surface area contributed by atoms with Crippen LogP contribution in [0.25, 0.3) is 0 Å². The predicted molar refractivity (Wildman–Crippen MR) is 38.0 cm³/mol. The van der Waals surface area contributed by atoms with Crippen LogP contribution in [-0.4, -0.2) is 26.5 Å². The molecule has 2 nitrogen and oxygen atoms in total. The van der Waals surface area contributed by atoms with Gasteiger partial charge in [0.25, 0.3) is 0 Å². The summed E-state index contributed by atoms with van der Waals surface area (Å²) in [5.41, 5.74) is 0. The van der Waals surface area contributed by atoms with Gasteiger partial charge in [0.2, 0.25) is 0 Å². The Hall–Kier alpha value is -0.370. The lowest BCUT2D eigenvalue weighted by Crippen LogP contribution is -2.13. The van der Waals surface area contributed by atoms with Crippen LogP contribution in [-0.2, 0) is 4.74 Å². The zero-order valence-electron chi connectivity index (χ0n) is 5.84. The summed E-state index contributed by atoms with van der Waals surface area (Å²) in [6, 6.07) is 0. The van der Waals surface area contributed by atoms with E-state index in [-0.39, 0.29) is 0 Å². The minimum Gasteiger partial charge on any atom is -0.384 e. The first-order valence-corrected chi connectivity index (χ1v) is 3.42. The topological polar surface area (TPSA) is 21.6 Å². The van der Waals surface area contributed by atoms with Crippen molar-refractivity contribution in [3.63, 3.8) is 0 Å². The largest absolute Gasteiger partial charge is 0.384 e. The lowest BCUT2D eigenvalue weighted by Gasteiger charge is -2.13. The minimum atomic E-state index is 0.587. The average Bonchev–Trinajstić information content (AvgIpc) is 1.91. The van der Waals surface area contributed by atoms with Gasteiger partial charge in [-0.2, -0.15) is 0 Å². The minimum absolute atomic E-state index is 0.587. The van der Waals surface area contributed by atoms with Crippen LogP contribution in [0.2, 0.25) is 0 Å². The van der Waals surface area contributed by atoms with Gasteiger partial charge in [-0.3, -0.25) is 4.99 Å². The monoisotopic (exact) mass is 127 g/mol. The maximum absolute atomic E-state index is 4.99. The highest BCUT2D eigenvalue weighted by atomic mass is 16.5. The third kappa shape index (κ3) is 2.14. The van der Waals surface area contributed by atoms with Crippen LogP contribution < -0.4 is 0 Å². The number of rotatable bonds is 2. The van der Waals surface area contributed by atoms with E-state index < -0.39 is 0 Å². The molecule has 0 aromatic heterocycles. The Labute approximate surface area is 55.9 Å². The molecule has 0 N–H and O–H groups in total. The predicted octanol–water partition coefficient (Wildman–Crippen LogP) is 1.11. The number of nitrogens with zero attached hydrogens (tertiary/aromatic N) is 1. The van der Waals surface area contributed by atoms with E-state index in [4.69, 9.17) is 4.74 Å². The summed E-state index contributed by atoms with van der Waals surface area (Å²) in [5.74, 6) is 0.587. The van der Waals surface area contributed by atoms with Gasteiger partial charge in [0.15, 0.2) is 0 Å². The van der Waals surface area contributed by atoms with E-state index in [9.17, 15) is 0 Å². The fourth-order valence-electron chi connectivity index (χ4n) is 1.08. The molecule has 0 aromatic rings. The van der Waals surface area contributed by atoms with Crippen molar-refractivity contribution in [1.82, 2.24) is 0 Å². The zero-order chi connectivity index (χ0) is 6.53. The Balaban J connectivity index is 2.23. The highest BCUT2D eigenvalue weighted by Gasteiger charge is 2.07. The molecule has 0 radical (unpaired) electrons. The molecule has 1 aliphatic rings. The summed E-state index contributed by atoms with van der Waals surface area (Å²) >= 11 is 0. The van der Waals surface area contributed by atoms with Crippen molar-refractivity contribution >= 4 is 6.21 Å². The number of aliphatic imine (C=N–C) groups is 1. The zero-order valence-corrected chi connectivity index (χ0v) is 5.84. The molecule has 1 atom stereocenters. The molecule has 1 unspecified atom stereocenters. The maximum Gasteiger partial charge on any atom is 0.0539 e. The molecule has 0 saturated heterocycles. The second kappa shape index (κ2) is 3.62. The Morgan fingerprint density at radius 3 is 3.22 bits per heavy atom. The van der Waals surface area contributed by atoms with Gasteiger partial charge in [-0.05, 0) is 12.8 Å². The average molecular weight is 127 g/mol. The number of hydrogen-bond donors (Lipinski definition) is 0. The first kappa shape index (κ1) is 6.75. The summed E-state index contributed by atoms with van der Waals surface area (Å²) < 4.78 is 4.99. The third-order valence-electron chi connectivity index (χ3n) is 1.56. The van der Waals surface area contributed by atoms with Crippen LogP contribution >= 0.6 is 0 Å². The second-order valence-corrected chi connectivity index (χ2v) is 2.41. The summed E-state index contributed by atoms with van der Waals surface area (Å²) in [7, 11) is 1.74. The van der Waals surface area contributed by atoms with Crippen LogP contribution in [0.1, 0.15) is 12.8 Å². The number of ether oxygens (including phenoxy) is 1. The summed E-state index contributed by atoms with van der Waals surface area (Å²) in [4.78, 5) is 4.17. The molecular weight excluding hydrogens is 114 g/mol. The van der Waals surface area contributed by atoms with Crippen LogP contribution in [0.4, 0.5) is 0 Å².